The molecular weight excluding hydrogens is 198 g/mol. The minimum atomic E-state index is 0.372. The summed E-state index contributed by atoms with van der Waals surface area (Å²) in [5, 5.41) is 10.6. The molecule has 14 heavy (non-hydrogen) atoms. The first-order valence-corrected chi connectivity index (χ1v) is 5.30. The molecule has 1 aliphatic rings. The number of aryl methyl sites for hydroxylation is 1. The molecule has 0 unspecified atom stereocenters. The van der Waals surface area contributed by atoms with Gasteiger partial charge in [-0.25, -0.2) is 0 Å². The van der Waals surface area contributed by atoms with E-state index in [-0.39, 0.29) is 0 Å². The molecule has 3 heteroatoms. The third kappa shape index (κ3) is 1.67. The number of hydrogen-bond donors (Lipinski definition) is 1. The fraction of sp³-hybridized carbons (Fsp3) is 0.455. The fourth-order valence-corrected chi connectivity index (χ4v) is 2.18. The Balaban J connectivity index is 2.40. The van der Waals surface area contributed by atoms with Crippen molar-refractivity contribution >= 4 is 17.3 Å². The van der Waals surface area contributed by atoms with Gasteiger partial charge in [-0.2, -0.15) is 0 Å². The summed E-state index contributed by atoms with van der Waals surface area (Å²) in [6, 6.07) is 3.63. The topological polar surface area (TPSA) is 23.5 Å². The summed E-state index contributed by atoms with van der Waals surface area (Å²) in [6.07, 6.45) is 2.40. The van der Waals surface area contributed by atoms with Gasteiger partial charge in [-0.15, -0.1) is 0 Å². The van der Waals surface area contributed by atoms with Crippen molar-refractivity contribution in [2.24, 2.45) is 0 Å². The highest BCUT2D eigenvalue weighted by Crippen LogP contribution is 2.35. The number of nitrogens with zero attached hydrogens (tertiary/aromatic N) is 1. The number of halogens is 1. The molecular formula is C11H14ClNO. The molecule has 1 aromatic carbocycles. The van der Waals surface area contributed by atoms with E-state index < -0.39 is 0 Å². The van der Waals surface area contributed by atoms with E-state index in [0.717, 1.165) is 24.3 Å². The molecule has 0 radical (unpaired) electrons. The third-order valence-electron chi connectivity index (χ3n) is 2.69. The van der Waals surface area contributed by atoms with E-state index in [0.29, 0.717) is 10.8 Å². The minimum Gasteiger partial charge on any atom is -0.505 e. The lowest BCUT2D eigenvalue weighted by Gasteiger charge is -2.20. The molecule has 1 N–H and O–H groups in total. The molecule has 76 valence electrons. The Kier molecular flexibility index (Phi) is 2.55. The summed E-state index contributed by atoms with van der Waals surface area (Å²) >= 11 is 5.96. The zero-order chi connectivity index (χ0) is 10.1. The third-order valence-corrected chi connectivity index (χ3v) is 2.91. The van der Waals surface area contributed by atoms with Crippen LogP contribution < -0.4 is 4.90 Å². The highest BCUT2D eigenvalue weighted by atomic mass is 35.5. The van der Waals surface area contributed by atoms with Crippen molar-refractivity contribution in [3.05, 3.63) is 22.7 Å². The van der Waals surface area contributed by atoms with Crippen LogP contribution in [0.25, 0.3) is 0 Å². The van der Waals surface area contributed by atoms with Crippen molar-refractivity contribution in [2.75, 3.05) is 18.0 Å². The van der Waals surface area contributed by atoms with Gasteiger partial charge < -0.3 is 10.0 Å². The van der Waals surface area contributed by atoms with Gasteiger partial charge in [-0.1, -0.05) is 11.6 Å². The van der Waals surface area contributed by atoms with Crippen molar-refractivity contribution in [2.45, 2.75) is 19.8 Å². The standard InChI is InChI=1S/C11H14ClNO/c1-8-6-9(12)7-10(11(8)14)13-4-2-3-5-13/h6-7,14H,2-5H2,1H3. The smallest absolute Gasteiger partial charge is 0.141 e. The van der Waals surface area contributed by atoms with Crippen molar-refractivity contribution in [1.29, 1.82) is 0 Å². The Morgan fingerprint density at radius 2 is 1.93 bits per heavy atom. The predicted molar refractivity (Wildman–Crippen MR) is 59.3 cm³/mol. The summed E-state index contributed by atoms with van der Waals surface area (Å²) in [5.41, 5.74) is 1.73. The summed E-state index contributed by atoms with van der Waals surface area (Å²) in [7, 11) is 0. The van der Waals surface area contributed by atoms with Crippen LogP contribution in [0.5, 0.6) is 5.75 Å². The van der Waals surface area contributed by atoms with Crippen LogP contribution in [-0.4, -0.2) is 18.2 Å². The van der Waals surface area contributed by atoms with Gasteiger partial charge in [0.1, 0.15) is 5.75 Å². The van der Waals surface area contributed by atoms with Gasteiger partial charge in [0.25, 0.3) is 0 Å². The van der Waals surface area contributed by atoms with E-state index in [2.05, 4.69) is 4.90 Å². The van der Waals surface area contributed by atoms with Gasteiger partial charge in [0.05, 0.1) is 5.69 Å². The summed E-state index contributed by atoms with van der Waals surface area (Å²) in [4.78, 5) is 2.19. The van der Waals surface area contributed by atoms with E-state index in [9.17, 15) is 5.11 Å². The second-order valence-corrected chi connectivity index (χ2v) is 4.22. The van der Waals surface area contributed by atoms with Crippen LogP contribution in [-0.2, 0) is 0 Å². The highest BCUT2D eigenvalue weighted by molar-refractivity contribution is 6.31. The number of benzene rings is 1. The number of phenolic OH excluding ortho intramolecular Hbond substituents is 1. The number of anilines is 1. The molecule has 1 saturated heterocycles. The Hall–Kier alpha value is -0.890. The van der Waals surface area contributed by atoms with E-state index in [4.69, 9.17) is 11.6 Å². The molecule has 1 aromatic rings. The predicted octanol–water partition coefficient (Wildman–Crippen LogP) is 2.95. The largest absolute Gasteiger partial charge is 0.505 e. The highest BCUT2D eigenvalue weighted by Gasteiger charge is 2.17. The van der Waals surface area contributed by atoms with Crippen LogP contribution >= 0.6 is 11.6 Å². The first-order chi connectivity index (χ1) is 6.68. The van der Waals surface area contributed by atoms with Crippen molar-refractivity contribution in [3.63, 3.8) is 0 Å². The second kappa shape index (κ2) is 3.70. The molecule has 0 bridgehead atoms. The monoisotopic (exact) mass is 211 g/mol. The molecule has 2 nitrogen and oxygen atoms in total. The molecule has 0 aliphatic carbocycles. The van der Waals surface area contributed by atoms with Crippen LogP contribution in [0.3, 0.4) is 0 Å². The van der Waals surface area contributed by atoms with Gasteiger partial charge in [0.2, 0.25) is 0 Å². The Labute approximate surface area is 89.1 Å². The SMILES string of the molecule is Cc1cc(Cl)cc(N2CCCC2)c1O. The number of aromatic hydroxyl groups is 1. The lowest BCUT2D eigenvalue weighted by atomic mass is 10.2. The van der Waals surface area contributed by atoms with Gasteiger partial charge in [0, 0.05) is 18.1 Å². The van der Waals surface area contributed by atoms with Crippen LogP contribution in [0, 0.1) is 6.92 Å². The number of hydrogen-bond acceptors (Lipinski definition) is 2. The first kappa shape index (κ1) is 9.66. The Morgan fingerprint density at radius 3 is 2.57 bits per heavy atom. The van der Waals surface area contributed by atoms with Crippen LogP contribution in [0.2, 0.25) is 5.02 Å². The zero-order valence-electron chi connectivity index (χ0n) is 8.26. The van der Waals surface area contributed by atoms with Crippen molar-refractivity contribution in [3.8, 4) is 5.75 Å². The molecule has 0 amide bonds. The molecule has 0 spiro atoms. The van der Waals surface area contributed by atoms with E-state index in [1.807, 2.05) is 13.0 Å². The average Bonchev–Trinajstić information content (AvgIpc) is 2.63. The summed E-state index contributed by atoms with van der Waals surface area (Å²) < 4.78 is 0. The molecule has 2 rings (SSSR count). The minimum absolute atomic E-state index is 0.372. The molecule has 1 aliphatic heterocycles. The average molecular weight is 212 g/mol. The van der Waals surface area contributed by atoms with Gasteiger partial charge in [0.15, 0.2) is 0 Å². The number of phenols is 1. The van der Waals surface area contributed by atoms with E-state index >= 15 is 0 Å². The summed E-state index contributed by atoms with van der Waals surface area (Å²) in [5.74, 6) is 0.372. The number of rotatable bonds is 1. The maximum atomic E-state index is 9.88. The maximum absolute atomic E-state index is 9.88. The molecule has 0 aromatic heterocycles. The van der Waals surface area contributed by atoms with Crippen LogP contribution in [0.1, 0.15) is 18.4 Å². The van der Waals surface area contributed by atoms with Crippen molar-refractivity contribution < 1.29 is 5.11 Å². The van der Waals surface area contributed by atoms with Gasteiger partial charge in [-0.3, -0.25) is 0 Å². The first-order valence-electron chi connectivity index (χ1n) is 4.92. The van der Waals surface area contributed by atoms with Crippen LogP contribution in [0.4, 0.5) is 5.69 Å². The van der Waals surface area contributed by atoms with E-state index in [1.54, 1.807) is 6.07 Å². The lowest BCUT2D eigenvalue weighted by Crippen LogP contribution is -2.17. The molecule has 1 heterocycles. The van der Waals surface area contributed by atoms with E-state index in [1.165, 1.54) is 12.8 Å². The van der Waals surface area contributed by atoms with Gasteiger partial charge in [-0.05, 0) is 37.5 Å². The maximum Gasteiger partial charge on any atom is 0.141 e. The fourth-order valence-electron chi connectivity index (χ4n) is 1.92. The lowest BCUT2D eigenvalue weighted by molar-refractivity contribution is 0.471. The van der Waals surface area contributed by atoms with Gasteiger partial charge >= 0.3 is 0 Å². The Morgan fingerprint density at radius 1 is 1.29 bits per heavy atom. The zero-order valence-corrected chi connectivity index (χ0v) is 9.01. The van der Waals surface area contributed by atoms with Crippen molar-refractivity contribution in [1.82, 2.24) is 0 Å². The van der Waals surface area contributed by atoms with Crippen LogP contribution in [0.15, 0.2) is 12.1 Å². The quantitative estimate of drug-likeness (QED) is 0.772. The molecule has 0 saturated carbocycles. The second-order valence-electron chi connectivity index (χ2n) is 3.78. The molecule has 0 atom stereocenters. The summed E-state index contributed by atoms with van der Waals surface area (Å²) in [6.45, 7) is 3.92. The Bertz CT molecular complexity index is 345. The normalized spacial score (nSPS) is 16.3. The molecule has 1 fully saturated rings.